The van der Waals surface area contributed by atoms with Gasteiger partial charge in [-0.25, -0.2) is 10.9 Å². The van der Waals surface area contributed by atoms with Gasteiger partial charge in [-0.3, -0.25) is 9.59 Å². The molecule has 0 fully saturated rings. The van der Waals surface area contributed by atoms with Gasteiger partial charge in [0, 0.05) is 47.6 Å². The highest BCUT2D eigenvalue weighted by molar-refractivity contribution is 5.95. The molecule has 2 amide bonds. The Labute approximate surface area is 219 Å². The van der Waals surface area contributed by atoms with E-state index in [1.54, 1.807) is 24.6 Å². The Kier molecular flexibility index (Phi) is 7.55. The molecule has 0 aliphatic heterocycles. The van der Waals surface area contributed by atoms with Gasteiger partial charge in [-0.2, -0.15) is 10.2 Å². The van der Waals surface area contributed by atoms with E-state index < -0.39 is 0 Å². The maximum Gasteiger partial charge on any atom is 0.271 e. The third-order valence-electron chi connectivity index (χ3n) is 6.00. The van der Waals surface area contributed by atoms with Gasteiger partial charge in [-0.1, -0.05) is 24.3 Å². The summed E-state index contributed by atoms with van der Waals surface area (Å²) in [6.45, 7) is 0.613. The van der Waals surface area contributed by atoms with Crippen LogP contribution in [0.5, 0.6) is 0 Å². The highest BCUT2D eigenvalue weighted by Crippen LogP contribution is 2.14. The Balaban J connectivity index is 1.00. The molecule has 2 aromatic heterocycles. The molecule has 3 aromatic carbocycles. The number of hydrogen-bond donors (Lipinski definition) is 5. The minimum absolute atomic E-state index is 0.149. The molecule has 9 nitrogen and oxygen atoms in total. The van der Waals surface area contributed by atoms with E-state index in [4.69, 9.17) is 0 Å². The molecule has 0 saturated carbocycles. The molecule has 38 heavy (non-hydrogen) atoms. The van der Waals surface area contributed by atoms with Crippen molar-refractivity contribution in [3.05, 3.63) is 102 Å². The zero-order valence-corrected chi connectivity index (χ0v) is 20.6. The number of carbonyl (C=O) groups excluding carboxylic acids is 2. The molecule has 0 saturated heterocycles. The van der Waals surface area contributed by atoms with E-state index in [1.165, 1.54) is 0 Å². The topological polar surface area (TPSA) is 127 Å². The summed E-state index contributed by atoms with van der Waals surface area (Å²) in [5.74, 6) is -0.441. The number of fused-ring (bicyclic) bond motifs is 2. The number of nitrogens with zero attached hydrogens (tertiary/aromatic N) is 2. The molecule has 0 bridgehead atoms. The number of aromatic nitrogens is 2. The first-order valence-electron chi connectivity index (χ1n) is 12.3. The maximum atomic E-state index is 12.4. The standard InChI is InChI=1S/C29H27N7O2/c37-28(35-33-18-20-3-5-22-11-14-31-26(22)16-20)2-1-13-30-25-9-7-24(8-10-25)29(38)36-34-19-21-4-6-23-12-15-32-27(23)17-21/h3-12,14-19,30-32H,1-2,13H2,(H,35,37)(H,36,38)/b33-18+,34-19+. The number of hydrazone groups is 2. The Bertz CT molecular complexity index is 1610. The Morgan fingerprint density at radius 1 is 0.737 bits per heavy atom. The number of H-pyrrole nitrogens is 2. The van der Waals surface area contributed by atoms with Crippen LogP contribution in [0.2, 0.25) is 0 Å². The van der Waals surface area contributed by atoms with Crippen LogP contribution in [-0.4, -0.2) is 40.8 Å². The molecule has 5 N–H and O–H groups in total. The molecule has 0 aliphatic rings. The van der Waals surface area contributed by atoms with Crippen LogP contribution < -0.4 is 16.2 Å². The lowest BCUT2D eigenvalue weighted by Gasteiger charge is -2.07. The molecule has 2 heterocycles. The molecule has 0 aliphatic carbocycles. The van der Waals surface area contributed by atoms with E-state index in [1.807, 2.05) is 73.1 Å². The SMILES string of the molecule is O=C(CCCNc1ccc(C(=O)N/N=C/c2ccc3cc[nH]c3c2)cc1)N/N=C/c1ccc2cc[nH]c2c1. The average Bonchev–Trinajstić information content (AvgIpc) is 3.60. The largest absolute Gasteiger partial charge is 0.385 e. The number of rotatable bonds is 10. The molecular formula is C29H27N7O2. The number of nitrogens with one attached hydrogen (secondary N) is 5. The van der Waals surface area contributed by atoms with Gasteiger partial charge in [0.25, 0.3) is 5.91 Å². The van der Waals surface area contributed by atoms with Crippen LogP contribution in [0.3, 0.4) is 0 Å². The van der Waals surface area contributed by atoms with E-state index in [0.717, 1.165) is 38.6 Å². The van der Waals surface area contributed by atoms with Crippen molar-refractivity contribution >= 4 is 51.7 Å². The number of carbonyl (C=O) groups is 2. The van der Waals surface area contributed by atoms with E-state index in [9.17, 15) is 9.59 Å². The van der Waals surface area contributed by atoms with Crippen LogP contribution in [0.4, 0.5) is 5.69 Å². The Hall–Kier alpha value is -5.18. The first-order chi connectivity index (χ1) is 18.6. The van der Waals surface area contributed by atoms with E-state index in [-0.39, 0.29) is 11.8 Å². The zero-order valence-electron chi connectivity index (χ0n) is 20.6. The van der Waals surface area contributed by atoms with Crippen molar-refractivity contribution < 1.29 is 9.59 Å². The molecule has 0 unspecified atom stereocenters. The fourth-order valence-electron chi connectivity index (χ4n) is 3.98. The molecule has 9 heteroatoms. The predicted octanol–water partition coefficient (Wildman–Crippen LogP) is 4.76. The second-order valence-corrected chi connectivity index (χ2v) is 8.75. The summed E-state index contributed by atoms with van der Waals surface area (Å²) in [7, 11) is 0. The lowest BCUT2D eigenvalue weighted by Crippen LogP contribution is -2.18. The Morgan fingerprint density at radius 3 is 1.97 bits per heavy atom. The van der Waals surface area contributed by atoms with Crippen LogP contribution in [-0.2, 0) is 4.79 Å². The van der Waals surface area contributed by atoms with Crippen molar-refractivity contribution in [3.63, 3.8) is 0 Å². The molecule has 5 aromatic rings. The normalized spacial score (nSPS) is 11.5. The Morgan fingerprint density at radius 2 is 1.34 bits per heavy atom. The fourth-order valence-corrected chi connectivity index (χ4v) is 3.98. The van der Waals surface area contributed by atoms with Crippen LogP contribution >= 0.6 is 0 Å². The summed E-state index contributed by atoms with van der Waals surface area (Å²) in [6, 6.07) is 22.9. The monoisotopic (exact) mass is 505 g/mol. The minimum atomic E-state index is -0.293. The van der Waals surface area contributed by atoms with Gasteiger partial charge in [-0.15, -0.1) is 0 Å². The number of amides is 2. The average molecular weight is 506 g/mol. The molecular weight excluding hydrogens is 478 g/mol. The molecule has 190 valence electrons. The van der Waals surface area contributed by atoms with Crippen LogP contribution in [0, 0.1) is 0 Å². The first kappa shape index (κ1) is 24.5. The van der Waals surface area contributed by atoms with Crippen molar-refractivity contribution in [2.45, 2.75) is 12.8 Å². The molecule has 0 radical (unpaired) electrons. The summed E-state index contributed by atoms with van der Waals surface area (Å²) < 4.78 is 0. The van der Waals surface area contributed by atoms with Crippen molar-refractivity contribution in [2.75, 3.05) is 11.9 Å². The van der Waals surface area contributed by atoms with Gasteiger partial charge < -0.3 is 15.3 Å². The fraction of sp³-hybridized carbons (Fsp3) is 0.103. The summed E-state index contributed by atoms with van der Waals surface area (Å²) in [5.41, 5.74) is 10.3. The van der Waals surface area contributed by atoms with Crippen LogP contribution in [0.25, 0.3) is 21.8 Å². The number of aromatic amines is 2. The zero-order chi connectivity index (χ0) is 26.2. The second-order valence-electron chi connectivity index (χ2n) is 8.75. The third kappa shape index (κ3) is 6.33. The lowest BCUT2D eigenvalue weighted by atomic mass is 10.2. The van der Waals surface area contributed by atoms with Crippen LogP contribution in [0.1, 0.15) is 34.3 Å². The molecule has 5 rings (SSSR count). The predicted molar refractivity (Wildman–Crippen MR) is 152 cm³/mol. The lowest BCUT2D eigenvalue weighted by molar-refractivity contribution is -0.121. The summed E-state index contributed by atoms with van der Waals surface area (Å²) in [5, 5.41) is 13.6. The van der Waals surface area contributed by atoms with Gasteiger partial charge in [0.05, 0.1) is 12.4 Å². The van der Waals surface area contributed by atoms with E-state index >= 15 is 0 Å². The van der Waals surface area contributed by atoms with Gasteiger partial charge in [0.1, 0.15) is 0 Å². The molecule has 0 spiro atoms. The highest BCUT2D eigenvalue weighted by Gasteiger charge is 2.05. The van der Waals surface area contributed by atoms with E-state index in [2.05, 4.69) is 36.3 Å². The number of hydrogen-bond acceptors (Lipinski definition) is 5. The summed E-state index contributed by atoms with van der Waals surface area (Å²) >= 11 is 0. The minimum Gasteiger partial charge on any atom is -0.385 e. The quantitative estimate of drug-likeness (QED) is 0.107. The summed E-state index contributed by atoms with van der Waals surface area (Å²) in [4.78, 5) is 30.7. The van der Waals surface area contributed by atoms with Gasteiger partial charge in [-0.05, 0) is 76.9 Å². The van der Waals surface area contributed by atoms with E-state index in [0.29, 0.717) is 24.9 Å². The van der Waals surface area contributed by atoms with Crippen molar-refractivity contribution in [3.8, 4) is 0 Å². The van der Waals surface area contributed by atoms with Crippen molar-refractivity contribution in [1.29, 1.82) is 0 Å². The smallest absolute Gasteiger partial charge is 0.271 e. The van der Waals surface area contributed by atoms with Crippen molar-refractivity contribution in [2.24, 2.45) is 10.2 Å². The second kappa shape index (κ2) is 11.7. The number of benzene rings is 3. The summed E-state index contributed by atoms with van der Waals surface area (Å²) in [6.07, 6.45) is 7.98. The molecule has 0 atom stereocenters. The van der Waals surface area contributed by atoms with Gasteiger partial charge in [0.15, 0.2) is 0 Å². The number of anilines is 1. The van der Waals surface area contributed by atoms with Crippen molar-refractivity contribution in [1.82, 2.24) is 20.8 Å². The van der Waals surface area contributed by atoms with Crippen LogP contribution in [0.15, 0.2) is 95.4 Å². The van der Waals surface area contributed by atoms with Gasteiger partial charge in [0.2, 0.25) is 5.91 Å². The van der Waals surface area contributed by atoms with Gasteiger partial charge >= 0.3 is 0 Å². The highest BCUT2D eigenvalue weighted by atomic mass is 16.2. The first-order valence-corrected chi connectivity index (χ1v) is 12.3. The maximum absolute atomic E-state index is 12.4. The third-order valence-corrected chi connectivity index (χ3v) is 6.00.